The van der Waals surface area contributed by atoms with E-state index in [0.717, 1.165) is 22.6 Å². The third-order valence-electron chi connectivity index (χ3n) is 3.61. The number of H-pyrrole nitrogens is 1. The third-order valence-corrected chi connectivity index (χ3v) is 3.86. The summed E-state index contributed by atoms with van der Waals surface area (Å²) in [5, 5.41) is 7.84. The van der Waals surface area contributed by atoms with E-state index >= 15 is 0 Å². The van der Waals surface area contributed by atoms with Crippen molar-refractivity contribution >= 4 is 23.5 Å². The van der Waals surface area contributed by atoms with Crippen molar-refractivity contribution in [2.75, 3.05) is 5.43 Å². The van der Waals surface area contributed by atoms with E-state index in [0.29, 0.717) is 10.6 Å². The van der Waals surface area contributed by atoms with Crippen LogP contribution in [0, 0.1) is 13.8 Å². The third kappa shape index (κ3) is 3.41. The summed E-state index contributed by atoms with van der Waals surface area (Å²) in [6, 6.07) is 14.9. The van der Waals surface area contributed by atoms with E-state index in [1.165, 1.54) is 10.9 Å². The van der Waals surface area contributed by atoms with Crippen LogP contribution in [0.2, 0.25) is 5.02 Å². The van der Waals surface area contributed by atoms with Gasteiger partial charge >= 0.3 is 0 Å². The number of aromatic nitrogens is 2. The van der Waals surface area contributed by atoms with Crippen LogP contribution in [0.1, 0.15) is 16.8 Å². The normalized spacial score (nSPS) is 11.1. The smallest absolute Gasteiger partial charge is 0.280 e. The molecule has 0 atom stereocenters. The first kappa shape index (κ1) is 16.1. The van der Waals surface area contributed by atoms with E-state index in [1.54, 1.807) is 24.3 Å². The summed E-state index contributed by atoms with van der Waals surface area (Å²) in [5.74, 6) is 0. The summed E-state index contributed by atoms with van der Waals surface area (Å²) in [4.78, 5) is 12.6. The van der Waals surface area contributed by atoms with Gasteiger partial charge in [0.2, 0.25) is 0 Å². The van der Waals surface area contributed by atoms with E-state index < -0.39 is 0 Å². The van der Waals surface area contributed by atoms with Gasteiger partial charge in [-0.2, -0.15) is 5.10 Å². The minimum Gasteiger partial charge on any atom is -0.295 e. The molecule has 0 bridgehead atoms. The molecule has 122 valence electrons. The van der Waals surface area contributed by atoms with Crippen molar-refractivity contribution in [2.45, 2.75) is 13.8 Å². The molecule has 2 aromatic carbocycles. The Morgan fingerprint density at radius 3 is 2.62 bits per heavy atom. The van der Waals surface area contributed by atoms with Crippen molar-refractivity contribution in [2.24, 2.45) is 5.10 Å². The second kappa shape index (κ2) is 6.76. The highest BCUT2D eigenvalue weighted by atomic mass is 35.5. The highest BCUT2D eigenvalue weighted by Crippen LogP contribution is 2.12. The number of aromatic amines is 1. The Hall–Kier alpha value is -2.79. The van der Waals surface area contributed by atoms with Gasteiger partial charge in [-0.1, -0.05) is 23.7 Å². The second-order valence-corrected chi connectivity index (χ2v) is 5.94. The molecule has 0 aliphatic heterocycles. The molecular weight excluding hydrogens is 324 g/mol. The van der Waals surface area contributed by atoms with Crippen LogP contribution < -0.4 is 11.0 Å². The van der Waals surface area contributed by atoms with Crippen LogP contribution in [0.5, 0.6) is 0 Å². The van der Waals surface area contributed by atoms with E-state index in [2.05, 4.69) is 15.6 Å². The molecule has 1 aromatic heterocycles. The lowest BCUT2D eigenvalue weighted by Gasteiger charge is -2.00. The molecular formula is C18H17ClN4O. The molecule has 3 aromatic rings. The Bertz CT molecular complexity index is 938. The SMILES string of the molecule is Cc1cccc(N/N=C/c2c(C)[nH]n(-c3ccc(Cl)cc3)c2=O)c1. The fraction of sp³-hybridized carbons (Fsp3) is 0.111. The molecule has 1 heterocycles. The van der Waals surface area contributed by atoms with E-state index in [-0.39, 0.29) is 5.56 Å². The first-order chi connectivity index (χ1) is 11.5. The number of rotatable bonds is 4. The van der Waals surface area contributed by atoms with Gasteiger partial charge in [-0.15, -0.1) is 0 Å². The van der Waals surface area contributed by atoms with Crippen LogP contribution >= 0.6 is 11.6 Å². The van der Waals surface area contributed by atoms with Crippen molar-refractivity contribution in [3.8, 4) is 5.69 Å². The van der Waals surface area contributed by atoms with Gasteiger partial charge in [0.05, 0.1) is 23.2 Å². The van der Waals surface area contributed by atoms with Gasteiger partial charge in [0.25, 0.3) is 5.56 Å². The second-order valence-electron chi connectivity index (χ2n) is 5.51. The van der Waals surface area contributed by atoms with E-state index in [9.17, 15) is 4.79 Å². The molecule has 0 aliphatic carbocycles. The molecule has 0 fully saturated rings. The number of halogens is 1. The molecule has 0 saturated carbocycles. The first-order valence-electron chi connectivity index (χ1n) is 7.48. The standard InChI is InChI=1S/C18H17ClN4O/c1-12-4-3-5-15(10-12)21-20-11-17-13(2)22-23(18(17)24)16-8-6-14(19)7-9-16/h3-11,21-22H,1-2H3/b20-11+. The zero-order valence-corrected chi connectivity index (χ0v) is 14.1. The molecule has 0 spiro atoms. The van der Waals surface area contributed by atoms with Gasteiger partial charge in [0, 0.05) is 10.7 Å². The lowest BCUT2D eigenvalue weighted by molar-refractivity contribution is 0.835. The largest absolute Gasteiger partial charge is 0.295 e. The number of aryl methyl sites for hydroxylation is 2. The molecule has 3 rings (SSSR count). The molecule has 24 heavy (non-hydrogen) atoms. The molecule has 6 heteroatoms. The van der Waals surface area contributed by atoms with Gasteiger partial charge in [-0.3, -0.25) is 15.3 Å². The average molecular weight is 341 g/mol. The number of hydrogen-bond donors (Lipinski definition) is 2. The van der Waals surface area contributed by atoms with Crippen molar-refractivity contribution in [3.05, 3.63) is 80.7 Å². The van der Waals surface area contributed by atoms with Crippen molar-refractivity contribution in [1.29, 1.82) is 0 Å². The lowest BCUT2D eigenvalue weighted by atomic mass is 10.2. The summed E-state index contributed by atoms with van der Waals surface area (Å²) < 4.78 is 1.47. The van der Waals surface area contributed by atoms with E-state index in [1.807, 2.05) is 38.1 Å². The fourth-order valence-electron chi connectivity index (χ4n) is 2.37. The molecule has 0 aliphatic rings. The Morgan fingerprint density at radius 1 is 1.17 bits per heavy atom. The molecule has 2 N–H and O–H groups in total. The highest BCUT2D eigenvalue weighted by Gasteiger charge is 2.10. The Labute approximate surface area is 144 Å². The van der Waals surface area contributed by atoms with Crippen LogP contribution in [-0.4, -0.2) is 16.0 Å². The van der Waals surface area contributed by atoms with Gasteiger partial charge < -0.3 is 0 Å². The minimum absolute atomic E-state index is 0.162. The molecule has 0 radical (unpaired) electrons. The first-order valence-corrected chi connectivity index (χ1v) is 7.86. The molecule has 0 amide bonds. The molecule has 0 unspecified atom stereocenters. The fourth-order valence-corrected chi connectivity index (χ4v) is 2.50. The van der Waals surface area contributed by atoms with Crippen LogP contribution in [0.4, 0.5) is 5.69 Å². The Morgan fingerprint density at radius 2 is 1.92 bits per heavy atom. The zero-order chi connectivity index (χ0) is 17.1. The Balaban J connectivity index is 1.85. The van der Waals surface area contributed by atoms with Crippen LogP contribution in [0.3, 0.4) is 0 Å². The number of anilines is 1. The van der Waals surface area contributed by atoms with Crippen LogP contribution in [0.15, 0.2) is 58.4 Å². The van der Waals surface area contributed by atoms with E-state index in [4.69, 9.17) is 11.6 Å². The summed E-state index contributed by atoms with van der Waals surface area (Å²) in [6.07, 6.45) is 1.53. The maximum atomic E-state index is 12.6. The summed E-state index contributed by atoms with van der Waals surface area (Å²) in [6.45, 7) is 3.85. The monoisotopic (exact) mass is 340 g/mol. The number of nitrogens with zero attached hydrogens (tertiary/aromatic N) is 2. The molecule has 0 saturated heterocycles. The van der Waals surface area contributed by atoms with Crippen molar-refractivity contribution < 1.29 is 0 Å². The maximum absolute atomic E-state index is 12.6. The number of hydrazone groups is 1. The summed E-state index contributed by atoms with van der Waals surface area (Å²) in [5.41, 5.74) is 6.75. The topological polar surface area (TPSA) is 62.2 Å². The predicted molar refractivity (Wildman–Crippen MR) is 98.5 cm³/mol. The van der Waals surface area contributed by atoms with Gasteiger partial charge in [0.15, 0.2) is 0 Å². The van der Waals surface area contributed by atoms with Crippen LogP contribution in [-0.2, 0) is 0 Å². The summed E-state index contributed by atoms with van der Waals surface area (Å²) in [7, 11) is 0. The van der Waals surface area contributed by atoms with Crippen LogP contribution in [0.25, 0.3) is 5.69 Å². The van der Waals surface area contributed by atoms with Gasteiger partial charge in [-0.25, -0.2) is 4.68 Å². The minimum atomic E-state index is -0.162. The van der Waals surface area contributed by atoms with Gasteiger partial charge in [0.1, 0.15) is 0 Å². The maximum Gasteiger partial charge on any atom is 0.280 e. The Kier molecular flexibility index (Phi) is 4.53. The van der Waals surface area contributed by atoms with Crippen molar-refractivity contribution in [3.63, 3.8) is 0 Å². The predicted octanol–water partition coefficient (Wildman–Crippen LogP) is 3.88. The lowest BCUT2D eigenvalue weighted by Crippen LogP contribution is -2.17. The van der Waals surface area contributed by atoms with Crippen molar-refractivity contribution in [1.82, 2.24) is 9.78 Å². The summed E-state index contributed by atoms with van der Waals surface area (Å²) >= 11 is 5.89. The number of hydrogen-bond acceptors (Lipinski definition) is 3. The number of nitrogens with one attached hydrogen (secondary N) is 2. The zero-order valence-electron chi connectivity index (χ0n) is 13.4. The number of benzene rings is 2. The van der Waals surface area contributed by atoms with Gasteiger partial charge in [-0.05, 0) is 55.8 Å². The average Bonchev–Trinajstić information content (AvgIpc) is 2.84. The molecule has 5 nitrogen and oxygen atoms in total. The quantitative estimate of drug-likeness (QED) is 0.559. The highest BCUT2D eigenvalue weighted by molar-refractivity contribution is 6.30.